The molecule has 0 aliphatic heterocycles. The standard InChI is InChI=1S/C21H23F4NO4S.C9H7BrF2N2/c1-20(2,22)12-17(19(27)28)26-18(21(23,24)25)15-6-4-13(5-7-15)14-8-10-16(11-9-14)31(3,29)30;10-5-1-8(11)7(9(12)2-5)3-6(14)4-13/h4-11,17-18,26H,12H2,1-3H3,(H,27,28);1-2,6H,3,14H2/t17-,18-;6-/m00/s1. The van der Waals surface area contributed by atoms with E-state index in [0.717, 1.165) is 32.2 Å². The van der Waals surface area contributed by atoms with Crippen molar-refractivity contribution in [3.8, 4) is 17.2 Å². The van der Waals surface area contributed by atoms with Gasteiger partial charge in [-0.3, -0.25) is 10.1 Å². The summed E-state index contributed by atoms with van der Waals surface area (Å²) in [7, 11) is -3.38. The number of carboxylic acid groups (broad SMARTS) is 1. The predicted octanol–water partition coefficient (Wildman–Crippen LogP) is 6.66. The smallest absolute Gasteiger partial charge is 0.407 e. The van der Waals surface area contributed by atoms with Gasteiger partial charge in [0.05, 0.1) is 17.0 Å². The number of nitriles is 1. The summed E-state index contributed by atoms with van der Waals surface area (Å²) in [4.78, 5) is 11.5. The molecule has 0 bridgehead atoms. The molecule has 0 saturated carbocycles. The van der Waals surface area contributed by atoms with Crippen molar-refractivity contribution in [1.82, 2.24) is 5.32 Å². The van der Waals surface area contributed by atoms with E-state index in [-0.39, 0.29) is 22.4 Å². The second kappa shape index (κ2) is 15.2. The van der Waals surface area contributed by atoms with Gasteiger partial charge in [0.25, 0.3) is 0 Å². The van der Waals surface area contributed by atoms with Gasteiger partial charge in [-0.05, 0) is 54.8 Å². The zero-order valence-electron chi connectivity index (χ0n) is 24.2. The average Bonchev–Trinajstić information content (AvgIpc) is 2.91. The van der Waals surface area contributed by atoms with Gasteiger partial charge in [0, 0.05) is 29.1 Å². The number of alkyl halides is 4. The van der Waals surface area contributed by atoms with Gasteiger partial charge in [0.1, 0.15) is 29.4 Å². The normalized spacial score (nSPS) is 14.0. The lowest BCUT2D eigenvalue weighted by molar-refractivity contribution is -0.164. The van der Waals surface area contributed by atoms with E-state index < -0.39 is 63.8 Å². The molecule has 15 heteroatoms. The molecule has 0 heterocycles. The lowest BCUT2D eigenvalue weighted by Gasteiger charge is -2.28. The second-order valence-corrected chi connectivity index (χ2v) is 13.6. The largest absolute Gasteiger partial charge is 0.480 e. The molecular weight excluding hydrogens is 692 g/mol. The third-order valence-corrected chi connectivity index (χ3v) is 7.82. The SMILES string of the molecule is CC(C)(F)C[C@H](N[C@@H](c1ccc(-c2ccc(S(C)(=O)=O)cc2)cc1)C(F)(F)F)C(=O)O.N#C[C@@H](N)Cc1c(F)cc(Br)cc1F. The minimum atomic E-state index is -4.81. The number of halogens is 7. The van der Waals surface area contributed by atoms with Crippen LogP contribution in [0, 0.1) is 23.0 Å². The average molecular weight is 723 g/mol. The number of carboxylic acids is 1. The first-order valence-electron chi connectivity index (χ1n) is 13.1. The van der Waals surface area contributed by atoms with Crippen LogP contribution in [0.5, 0.6) is 0 Å². The van der Waals surface area contributed by atoms with Crippen LogP contribution in [-0.2, 0) is 21.1 Å². The number of hydrogen-bond donors (Lipinski definition) is 3. The molecule has 0 aliphatic rings. The highest BCUT2D eigenvalue weighted by molar-refractivity contribution is 9.10. The molecule has 0 amide bonds. The number of benzene rings is 3. The van der Waals surface area contributed by atoms with Crippen LogP contribution >= 0.6 is 15.9 Å². The summed E-state index contributed by atoms with van der Waals surface area (Å²) < 4.78 is 105. The Morgan fingerprint density at radius 1 is 1.00 bits per heavy atom. The highest BCUT2D eigenvalue weighted by Crippen LogP contribution is 2.35. The molecule has 0 fully saturated rings. The van der Waals surface area contributed by atoms with Crippen molar-refractivity contribution in [3.63, 3.8) is 0 Å². The number of hydrogen-bond acceptors (Lipinski definition) is 6. The van der Waals surface area contributed by atoms with Crippen molar-refractivity contribution in [2.75, 3.05) is 6.26 Å². The molecule has 0 unspecified atom stereocenters. The van der Waals surface area contributed by atoms with Crippen molar-refractivity contribution in [2.45, 2.75) is 61.6 Å². The summed E-state index contributed by atoms with van der Waals surface area (Å²) >= 11 is 2.95. The first kappa shape index (κ1) is 37.7. The lowest BCUT2D eigenvalue weighted by atomic mass is 9.97. The van der Waals surface area contributed by atoms with E-state index in [1.807, 2.05) is 5.32 Å². The van der Waals surface area contributed by atoms with Gasteiger partial charge in [-0.1, -0.05) is 52.3 Å². The summed E-state index contributed by atoms with van der Waals surface area (Å²) in [6, 6.07) is 10.2. The monoisotopic (exact) mass is 721 g/mol. The van der Waals surface area contributed by atoms with E-state index in [1.165, 1.54) is 48.5 Å². The van der Waals surface area contributed by atoms with Gasteiger partial charge in [0.2, 0.25) is 0 Å². The molecule has 3 aromatic carbocycles. The first-order chi connectivity index (χ1) is 20.6. The zero-order chi connectivity index (χ0) is 34.3. The van der Waals surface area contributed by atoms with Crippen molar-refractivity contribution in [3.05, 3.63) is 87.9 Å². The highest BCUT2D eigenvalue weighted by atomic mass is 79.9. The predicted molar refractivity (Wildman–Crippen MR) is 159 cm³/mol. The van der Waals surface area contributed by atoms with Crippen LogP contribution in [0.4, 0.5) is 26.3 Å². The van der Waals surface area contributed by atoms with Gasteiger partial charge in [-0.25, -0.2) is 21.6 Å². The molecule has 0 radical (unpaired) electrons. The van der Waals surface area contributed by atoms with E-state index >= 15 is 0 Å². The van der Waals surface area contributed by atoms with Gasteiger partial charge < -0.3 is 10.8 Å². The quantitative estimate of drug-likeness (QED) is 0.199. The zero-order valence-corrected chi connectivity index (χ0v) is 26.6. The van der Waals surface area contributed by atoms with E-state index in [9.17, 15) is 44.7 Å². The molecular formula is C30H30BrF6N3O4S. The second-order valence-electron chi connectivity index (χ2n) is 10.7. The van der Waals surface area contributed by atoms with Crippen molar-refractivity contribution < 1.29 is 44.7 Å². The van der Waals surface area contributed by atoms with Crippen LogP contribution in [0.3, 0.4) is 0 Å². The molecule has 7 nitrogen and oxygen atoms in total. The Balaban J connectivity index is 0.000000420. The molecule has 3 aromatic rings. The van der Waals surface area contributed by atoms with Crippen molar-refractivity contribution in [1.29, 1.82) is 5.26 Å². The third kappa shape index (κ3) is 11.8. The fourth-order valence-electron chi connectivity index (χ4n) is 4.08. The van der Waals surface area contributed by atoms with Crippen molar-refractivity contribution >= 4 is 31.7 Å². The summed E-state index contributed by atoms with van der Waals surface area (Å²) in [5.74, 6) is -2.97. The van der Waals surface area contributed by atoms with Gasteiger partial charge in [-0.2, -0.15) is 18.4 Å². The molecule has 3 atom stereocenters. The Morgan fingerprint density at radius 2 is 1.47 bits per heavy atom. The van der Waals surface area contributed by atoms with Gasteiger partial charge in [0.15, 0.2) is 9.84 Å². The van der Waals surface area contributed by atoms with Crippen LogP contribution in [0.25, 0.3) is 11.1 Å². The maximum Gasteiger partial charge on any atom is 0.407 e. The van der Waals surface area contributed by atoms with E-state index in [2.05, 4.69) is 15.9 Å². The summed E-state index contributed by atoms with van der Waals surface area (Å²) in [5, 5.41) is 19.7. The molecule has 0 saturated heterocycles. The van der Waals surface area contributed by atoms with Crippen LogP contribution in [0.2, 0.25) is 0 Å². The Labute approximate surface area is 265 Å². The Morgan fingerprint density at radius 3 is 1.84 bits per heavy atom. The van der Waals surface area contributed by atoms with Crippen LogP contribution in [0.1, 0.15) is 37.4 Å². The molecule has 0 spiro atoms. The Bertz CT molecular complexity index is 1600. The summed E-state index contributed by atoms with van der Waals surface area (Å²) in [5.41, 5.74) is 4.06. The molecule has 0 aliphatic carbocycles. The minimum absolute atomic E-state index is 0.115. The van der Waals surface area contributed by atoms with E-state index in [0.29, 0.717) is 15.6 Å². The number of sulfone groups is 1. The molecule has 45 heavy (non-hydrogen) atoms. The first-order valence-corrected chi connectivity index (χ1v) is 15.7. The maximum absolute atomic E-state index is 13.9. The van der Waals surface area contributed by atoms with E-state index in [1.54, 1.807) is 6.07 Å². The Kier molecular flexibility index (Phi) is 12.8. The number of carbonyl (C=O) groups is 1. The lowest BCUT2D eigenvalue weighted by Crippen LogP contribution is -2.47. The maximum atomic E-state index is 13.9. The Hall–Kier alpha value is -3.45. The number of rotatable bonds is 10. The summed E-state index contributed by atoms with van der Waals surface area (Å²) in [6.45, 7) is 2.19. The van der Waals surface area contributed by atoms with Crippen LogP contribution in [-0.4, -0.2) is 49.7 Å². The van der Waals surface area contributed by atoms with Crippen LogP contribution in [0.15, 0.2) is 70.0 Å². The number of nitrogens with one attached hydrogen (secondary N) is 1. The number of nitrogens with two attached hydrogens (primary N) is 1. The summed E-state index contributed by atoms with van der Waals surface area (Å²) in [6.07, 6.45) is -4.51. The number of nitrogens with zero attached hydrogens (tertiary/aromatic N) is 1. The van der Waals surface area contributed by atoms with Gasteiger partial charge in [-0.15, -0.1) is 0 Å². The van der Waals surface area contributed by atoms with Crippen LogP contribution < -0.4 is 11.1 Å². The number of aliphatic carboxylic acids is 1. The molecule has 0 aromatic heterocycles. The third-order valence-electron chi connectivity index (χ3n) is 6.24. The van der Waals surface area contributed by atoms with E-state index in [4.69, 9.17) is 11.0 Å². The topological polar surface area (TPSA) is 133 Å². The minimum Gasteiger partial charge on any atom is -0.480 e. The fourth-order valence-corrected chi connectivity index (χ4v) is 5.11. The van der Waals surface area contributed by atoms with Gasteiger partial charge >= 0.3 is 12.1 Å². The van der Waals surface area contributed by atoms with Crippen molar-refractivity contribution in [2.24, 2.45) is 5.73 Å². The molecule has 244 valence electrons. The fraction of sp³-hybridized carbons (Fsp3) is 0.333. The highest BCUT2D eigenvalue weighted by Gasteiger charge is 2.43. The molecule has 4 N–H and O–H groups in total. The molecule has 3 rings (SSSR count).